The zero-order valence-electron chi connectivity index (χ0n) is 12.3. The summed E-state index contributed by atoms with van der Waals surface area (Å²) in [4.78, 5) is 16.3. The van der Waals surface area contributed by atoms with Gasteiger partial charge in [0.25, 0.3) is 0 Å². The topological polar surface area (TPSA) is 32.8 Å². The van der Waals surface area contributed by atoms with Gasteiger partial charge >= 0.3 is 6.09 Å². The molecule has 1 unspecified atom stereocenters. The van der Waals surface area contributed by atoms with Crippen LogP contribution in [0, 0.1) is 0 Å². The number of likely N-dealkylation sites (tertiary alicyclic amines) is 2. The van der Waals surface area contributed by atoms with Crippen molar-refractivity contribution in [1.82, 2.24) is 9.80 Å². The molecule has 0 aliphatic carbocycles. The summed E-state index contributed by atoms with van der Waals surface area (Å²) < 4.78 is 5.11. The van der Waals surface area contributed by atoms with Crippen molar-refractivity contribution < 1.29 is 9.53 Å². The summed E-state index contributed by atoms with van der Waals surface area (Å²) in [5.41, 5.74) is 0. The molecule has 1 amide bonds. The lowest BCUT2D eigenvalue weighted by molar-refractivity contribution is 0.107. The van der Waals surface area contributed by atoms with Gasteiger partial charge in [-0.25, -0.2) is 4.79 Å². The summed E-state index contributed by atoms with van der Waals surface area (Å²) in [6.45, 7) is 6.58. The highest BCUT2D eigenvalue weighted by atomic mass is 16.6. The number of nitrogens with zero attached hydrogens (tertiary/aromatic N) is 2. The predicted molar refractivity (Wildman–Crippen MR) is 76.3 cm³/mol. The van der Waals surface area contributed by atoms with Gasteiger partial charge in [-0.2, -0.15) is 0 Å². The molecule has 1 atom stereocenters. The van der Waals surface area contributed by atoms with E-state index in [1.807, 2.05) is 11.8 Å². The molecule has 0 radical (unpaired) electrons. The molecular weight excluding hydrogens is 240 g/mol. The highest BCUT2D eigenvalue weighted by molar-refractivity contribution is 5.67. The van der Waals surface area contributed by atoms with Crippen molar-refractivity contribution in [3.05, 3.63) is 0 Å². The second kappa shape index (κ2) is 7.73. The smallest absolute Gasteiger partial charge is 0.409 e. The van der Waals surface area contributed by atoms with Gasteiger partial charge in [0.05, 0.1) is 6.61 Å². The highest BCUT2D eigenvalue weighted by Crippen LogP contribution is 2.21. The minimum atomic E-state index is -0.126. The van der Waals surface area contributed by atoms with Crippen LogP contribution >= 0.6 is 0 Å². The van der Waals surface area contributed by atoms with Gasteiger partial charge in [0.2, 0.25) is 0 Å². The van der Waals surface area contributed by atoms with Crippen LogP contribution in [0.25, 0.3) is 0 Å². The van der Waals surface area contributed by atoms with Crippen molar-refractivity contribution >= 4 is 6.09 Å². The van der Waals surface area contributed by atoms with Crippen LogP contribution < -0.4 is 0 Å². The molecule has 2 aliphatic rings. The summed E-state index contributed by atoms with van der Waals surface area (Å²) in [7, 11) is 0. The molecule has 0 aromatic heterocycles. The van der Waals surface area contributed by atoms with E-state index in [9.17, 15) is 4.79 Å². The minimum Gasteiger partial charge on any atom is -0.450 e. The molecule has 2 aliphatic heterocycles. The van der Waals surface area contributed by atoms with E-state index in [0.29, 0.717) is 12.6 Å². The van der Waals surface area contributed by atoms with Crippen LogP contribution in [0.3, 0.4) is 0 Å². The third-order valence-electron chi connectivity index (χ3n) is 4.38. The average molecular weight is 268 g/mol. The average Bonchev–Trinajstić information content (AvgIpc) is 2.81. The van der Waals surface area contributed by atoms with Crippen LogP contribution in [0.15, 0.2) is 0 Å². The van der Waals surface area contributed by atoms with E-state index in [1.165, 1.54) is 45.2 Å². The van der Waals surface area contributed by atoms with Crippen molar-refractivity contribution in [3.8, 4) is 0 Å². The van der Waals surface area contributed by atoms with E-state index in [0.717, 1.165) is 25.9 Å². The van der Waals surface area contributed by atoms with E-state index < -0.39 is 0 Å². The Morgan fingerprint density at radius 1 is 1.00 bits per heavy atom. The standard InChI is InChI=1S/C15H28N2O2/c1-2-19-15(18)17-12-7-8-14(9-13-17)16-10-5-3-4-6-11-16/h14H,2-13H2,1H3. The molecule has 0 bridgehead atoms. The third-order valence-corrected chi connectivity index (χ3v) is 4.38. The van der Waals surface area contributed by atoms with Crippen LogP contribution in [0.2, 0.25) is 0 Å². The van der Waals surface area contributed by atoms with Crippen molar-refractivity contribution in [1.29, 1.82) is 0 Å². The lowest BCUT2D eigenvalue weighted by atomic mass is 10.1. The summed E-state index contributed by atoms with van der Waals surface area (Å²) in [5.74, 6) is 0. The van der Waals surface area contributed by atoms with Crippen LogP contribution in [-0.2, 0) is 4.74 Å². The number of hydrogen-bond acceptors (Lipinski definition) is 3. The Hall–Kier alpha value is -0.770. The van der Waals surface area contributed by atoms with Gasteiger partial charge in [0, 0.05) is 19.1 Å². The molecule has 0 aromatic rings. The van der Waals surface area contributed by atoms with Gasteiger partial charge < -0.3 is 14.5 Å². The Labute approximate surface area is 117 Å². The molecule has 4 heteroatoms. The SMILES string of the molecule is CCOC(=O)N1CCCC(N2CCCCCC2)CC1. The highest BCUT2D eigenvalue weighted by Gasteiger charge is 2.25. The maximum atomic E-state index is 11.8. The van der Waals surface area contributed by atoms with Gasteiger partial charge in [-0.15, -0.1) is 0 Å². The first-order chi connectivity index (χ1) is 9.31. The molecule has 0 saturated carbocycles. The van der Waals surface area contributed by atoms with E-state index in [2.05, 4.69) is 4.90 Å². The summed E-state index contributed by atoms with van der Waals surface area (Å²) >= 11 is 0. The normalized spacial score (nSPS) is 26.6. The number of ether oxygens (including phenoxy) is 1. The summed E-state index contributed by atoms with van der Waals surface area (Å²) in [6, 6.07) is 0.678. The van der Waals surface area contributed by atoms with Crippen LogP contribution in [0.1, 0.15) is 51.9 Å². The molecule has 2 saturated heterocycles. The Morgan fingerprint density at radius 3 is 2.42 bits per heavy atom. The number of carbonyl (C=O) groups is 1. The van der Waals surface area contributed by atoms with E-state index >= 15 is 0 Å². The molecule has 2 heterocycles. The Balaban J connectivity index is 1.83. The van der Waals surface area contributed by atoms with Gasteiger partial charge in [0.15, 0.2) is 0 Å². The van der Waals surface area contributed by atoms with Crippen molar-refractivity contribution in [3.63, 3.8) is 0 Å². The fourth-order valence-electron chi connectivity index (χ4n) is 3.30. The summed E-state index contributed by atoms with van der Waals surface area (Å²) in [5, 5.41) is 0. The molecular formula is C15H28N2O2. The number of hydrogen-bond donors (Lipinski definition) is 0. The number of amides is 1. The maximum absolute atomic E-state index is 11.8. The fraction of sp³-hybridized carbons (Fsp3) is 0.933. The zero-order chi connectivity index (χ0) is 13.5. The molecule has 110 valence electrons. The number of carbonyl (C=O) groups excluding carboxylic acids is 1. The van der Waals surface area contributed by atoms with E-state index in [-0.39, 0.29) is 6.09 Å². The molecule has 0 aromatic carbocycles. The molecule has 2 rings (SSSR count). The maximum Gasteiger partial charge on any atom is 0.409 e. The van der Waals surface area contributed by atoms with Crippen LogP contribution in [0.5, 0.6) is 0 Å². The largest absolute Gasteiger partial charge is 0.450 e. The van der Waals surface area contributed by atoms with Crippen molar-refractivity contribution in [2.75, 3.05) is 32.8 Å². The van der Waals surface area contributed by atoms with E-state index in [4.69, 9.17) is 4.74 Å². The third kappa shape index (κ3) is 4.37. The quantitative estimate of drug-likeness (QED) is 0.772. The van der Waals surface area contributed by atoms with Gasteiger partial charge in [-0.1, -0.05) is 12.8 Å². The monoisotopic (exact) mass is 268 g/mol. The molecule has 19 heavy (non-hydrogen) atoms. The van der Waals surface area contributed by atoms with Gasteiger partial charge in [0.1, 0.15) is 0 Å². The minimum absolute atomic E-state index is 0.126. The Bertz CT molecular complexity index is 275. The summed E-state index contributed by atoms with van der Waals surface area (Å²) in [6.07, 6.45) is 8.79. The lowest BCUT2D eigenvalue weighted by Gasteiger charge is -2.29. The first-order valence-corrected chi connectivity index (χ1v) is 7.97. The lowest BCUT2D eigenvalue weighted by Crippen LogP contribution is -2.37. The molecule has 0 N–H and O–H groups in total. The second-order valence-electron chi connectivity index (χ2n) is 5.72. The van der Waals surface area contributed by atoms with Crippen molar-refractivity contribution in [2.45, 2.75) is 57.9 Å². The number of rotatable bonds is 2. The molecule has 4 nitrogen and oxygen atoms in total. The van der Waals surface area contributed by atoms with E-state index in [1.54, 1.807) is 0 Å². The fourth-order valence-corrected chi connectivity index (χ4v) is 3.30. The predicted octanol–water partition coefficient (Wildman–Crippen LogP) is 2.87. The Morgan fingerprint density at radius 2 is 1.74 bits per heavy atom. The Kier molecular flexibility index (Phi) is 5.95. The van der Waals surface area contributed by atoms with Crippen molar-refractivity contribution in [2.24, 2.45) is 0 Å². The second-order valence-corrected chi connectivity index (χ2v) is 5.72. The first kappa shape index (κ1) is 14.6. The molecule has 0 spiro atoms. The van der Waals surface area contributed by atoms with Gasteiger partial charge in [-0.05, 0) is 52.1 Å². The zero-order valence-corrected chi connectivity index (χ0v) is 12.3. The van der Waals surface area contributed by atoms with Crippen LogP contribution in [-0.4, -0.2) is 54.7 Å². The molecule has 2 fully saturated rings. The van der Waals surface area contributed by atoms with Gasteiger partial charge in [-0.3, -0.25) is 0 Å². The van der Waals surface area contributed by atoms with Crippen LogP contribution in [0.4, 0.5) is 4.79 Å². The first-order valence-electron chi connectivity index (χ1n) is 7.97.